The second-order valence-electron chi connectivity index (χ2n) is 5.74. The summed E-state index contributed by atoms with van der Waals surface area (Å²) in [6, 6.07) is 4.78. The van der Waals surface area contributed by atoms with Gasteiger partial charge in [0.15, 0.2) is 5.76 Å². The number of nitrogens with zero attached hydrogens (tertiary/aromatic N) is 3. The van der Waals surface area contributed by atoms with Gasteiger partial charge < -0.3 is 18.9 Å². The Morgan fingerprint density at radius 3 is 2.64 bits per heavy atom. The molecule has 0 radical (unpaired) electrons. The Kier molecular flexibility index (Phi) is 4.80. The van der Waals surface area contributed by atoms with Crippen molar-refractivity contribution in [1.82, 2.24) is 9.29 Å². The second-order valence-corrected chi connectivity index (χ2v) is 7.61. The van der Waals surface area contributed by atoms with Crippen LogP contribution >= 0.6 is 0 Å². The number of anilines is 1. The van der Waals surface area contributed by atoms with Gasteiger partial charge in [-0.2, -0.15) is 14.6 Å². The predicted octanol–water partition coefficient (Wildman–Crippen LogP) is 1.65. The largest absolute Gasteiger partial charge is 0.438 e. The summed E-state index contributed by atoms with van der Waals surface area (Å²) in [7, 11) is -3.74. The van der Waals surface area contributed by atoms with Crippen LogP contribution in [0.1, 0.15) is 19.5 Å². The van der Waals surface area contributed by atoms with Crippen LogP contribution in [0.25, 0.3) is 11.7 Å². The number of nitrogens with one attached hydrogen (secondary N) is 1. The topological polar surface area (TPSA) is 122 Å². The fourth-order valence-electron chi connectivity index (χ4n) is 2.35. The van der Waals surface area contributed by atoms with Crippen LogP contribution in [0, 0.1) is 11.3 Å². The van der Waals surface area contributed by atoms with Gasteiger partial charge in [-0.1, -0.05) is 0 Å². The second kappa shape index (κ2) is 6.87. The van der Waals surface area contributed by atoms with Crippen molar-refractivity contribution in [2.45, 2.75) is 25.0 Å². The van der Waals surface area contributed by atoms with Gasteiger partial charge in [0.25, 0.3) is 15.9 Å². The maximum atomic E-state index is 12.6. The van der Waals surface area contributed by atoms with E-state index < -0.39 is 10.0 Å². The summed E-state index contributed by atoms with van der Waals surface area (Å²) in [6.07, 6.45) is 0. The molecular formula is C15H18N4O5S. The Balaban J connectivity index is 1.89. The highest BCUT2D eigenvalue weighted by Gasteiger charge is 2.30. The molecule has 0 aliphatic carbocycles. The van der Waals surface area contributed by atoms with Crippen molar-refractivity contribution < 1.29 is 22.0 Å². The fraction of sp³-hybridized carbons (Fsp3) is 0.467. The number of sulfonamides is 1. The van der Waals surface area contributed by atoms with E-state index in [9.17, 15) is 8.42 Å². The van der Waals surface area contributed by atoms with E-state index >= 15 is 0 Å². The molecule has 10 heteroatoms. The Morgan fingerprint density at radius 1 is 1.28 bits per heavy atom. The Labute approximate surface area is 145 Å². The summed E-state index contributed by atoms with van der Waals surface area (Å²) in [4.78, 5) is 4.05. The van der Waals surface area contributed by atoms with Gasteiger partial charge >= 0.3 is 0 Å². The monoisotopic (exact) mass is 366 g/mol. The molecule has 0 unspecified atom stereocenters. The van der Waals surface area contributed by atoms with Gasteiger partial charge in [-0.15, -0.1) is 0 Å². The van der Waals surface area contributed by atoms with E-state index in [4.69, 9.17) is 18.8 Å². The average Bonchev–Trinajstić information content (AvgIpc) is 3.22. The van der Waals surface area contributed by atoms with Gasteiger partial charge in [0.2, 0.25) is 16.7 Å². The molecule has 1 aliphatic rings. The first-order valence-corrected chi connectivity index (χ1v) is 9.21. The smallest absolute Gasteiger partial charge is 0.276 e. The summed E-state index contributed by atoms with van der Waals surface area (Å²) < 4.78 is 42.6. The zero-order valence-electron chi connectivity index (χ0n) is 13.9. The van der Waals surface area contributed by atoms with Gasteiger partial charge in [-0.3, -0.25) is 0 Å². The Hall–Kier alpha value is -2.35. The fourth-order valence-corrected chi connectivity index (χ4v) is 3.67. The molecule has 3 rings (SSSR count). The number of hydrogen-bond acceptors (Lipinski definition) is 8. The zero-order valence-corrected chi connectivity index (χ0v) is 14.7. The molecule has 0 bridgehead atoms. The molecule has 3 heterocycles. The molecular weight excluding hydrogens is 348 g/mol. The first kappa shape index (κ1) is 17.5. The van der Waals surface area contributed by atoms with Crippen molar-refractivity contribution in [3.8, 4) is 17.7 Å². The number of oxazole rings is 1. The molecule has 1 aliphatic heterocycles. The maximum Gasteiger partial charge on any atom is 0.276 e. The minimum atomic E-state index is -3.74. The third kappa shape index (κ3) is 3.53. The van der Waals surface area contributed by atoms with Crippen molar-refractivity contribution in [3.63, 3.8) is 0 Å². The van der Waals surface area contributed by atoms with Crippen LogP contribution in [0.5, 0.6) is 0 Å². The quantitative estimate of drug-likeness (QED) is 0.847. The summed E-state index contributed by atoms with van der Waals surface area (Å²) in [5, 5.41) is 11.9. The van der Waals surface area contributed by atoms with Gasteiger partial charge in [0.1, 0.15) is 6.07 Å². The molecule has 2 aromatic heterocycles. The summed E-state index contributed by atoms with van der Waals surface area (Å²) in [5.74, 6) is 0.407. The molecule has 1 saturated heterocycles. The van der Waals surface area contributed by atoms with Gasteiger partial charge in [0, 0.05) is 19.1 Å². The molecule has 25 heavy (non-hydrogen) atoms. The summed E-state index contributed by atoms with van der Waals surface area (Å²) in [6.45, 7) is 5.04. The molecule has 9 nitrogen and oxygen atoms in total. The van der Waals surface area contributed by atoms with Crippen LogP contribution in [-0.4, -0.2) is 50.1 Å². The third-order valence-corrected chi connectivity index (χ3v) is 5.28. The van der Waals surface area contributed by atoms with E-state index in [1.807, 2.05) is 19.9 Å². The highest BCUT2D eigenvalue weighted by atomic mass is 32.2. The molecule has 1 fully saturated rings. The van der Waals surface area contributed by atoms with E-state index in [1.54, 1.807) is 0 Å². The van der Waals surface area contributed by atoms with Crippen molar-refractivity contribution in [3.05, 3.63) is 17.8 Å². The molecule has 2 aromatic rings. The molecule has 0 saturated carbocycles. The molecule has 0 atom stereocenters. The molecule has 1 N–H and O–H groups in total. The van der Waals surface area contributed by atoms with Crippen molar-refractivity contribution in [2.24, 2.45) is 0 Å². The number of morpholine rings is 1. The standard InChI is InChI=1S/C15H18N4O5S/c1-10(2)17-14-11(9-16)18-15(24-14)12-3-4-13(23-12)25(20,21)19-5-7-22-8-6-19/h3-4,10,17H,5-8H2,1-2H3. The number of ether oxygens (including phenoxy) is 1. The number of furan rings is 1. The van der Waals surface area contributed by atoms with Crippen LogP contribution in [-0.2, 0) is 14.8 Å². The van der Waals surface area contributed by atoms with Crippen molar-refractivity contribution >= 4 is 15.9 Å². The lowest BCUT2D eigenvalue weighted by atomic mass is 10.4. The van der Waals surface area contributed by atoms with Crippen LogP contribution in [0.2, 0.25) is 0 Å². The summed E-state index contributed by atoms with van der Waals surface area (Å²) >= 11 is 0. The summed E-state index contributed by atoms with van der Waals surface area (Å²) in [5.41, 5.74) is 0.0812. The van der Waals surface area contributed by atoms with Crippen molar-refractivity contribution in [2.75, 3.05) is 31.6 Å². The van der Waals surface area contributed by atoms with Crippen molar-refractivity contribution in [1.29, 1.82) is 5.26 Å². The predicted molar refractivity (Wildman–Crippen MR) is 87.3 cm³/mol. The number of nitriles is 1. The molecule has 0 aromatic carbocycles. The lowest BCUT2D eigenvalue weighted by Gasteiger charge is -2.24. The van der Waals surface area contributed by atoms with Crippen LogP contribution in [0.3, 0.4) is 0 Å². The van der Waals surface area contributed by atoms with Crippen LogP contribution in [0.15, 0.2) is 26.1 Å². The zero-order chi connectivity index (χ0) is 18.0. The first-order valence-electron chi connectivity index (χ1n) is 7.77. The SMILES string of the molecule is CC(C)Nc1oc(-c2ccc(S(=O)(=O)N3CCOCC3)o2)nc1C#N. The first-order chi connectivity index (χ1) is 11.9. The molecule has 0 amide bonds. The average molecular weight is 366 g/mol. The van der Waals surface area contributed by atoms with Crippen LogP contribution < -0.4 is 5.32 Å². The van der Waals surface area contributed by atoms with Gasteiger partial charge in [-0.05, 0) is 26.0 Å². The lowest BCUT2D eigenvalue weighted by molar-refractivity contribution is 0.0724. The number of hydrogen-bond donors (Lipinski definition) is 1. The Morgan fingerprint density at radius 2 is 2.00 bits per heavy atom. The third-order valence-electron chi connectivity index (χ3n) is 3.51. The molecule has 0 spiro atoms. The van der Waals surface area contributed by atoms with E-state index in [0.717, 1.165) is 0 Å². The normalized spacial score (nSPS) is 16.1. The Bertz CT molecular complexity index is 887. The highest BCUT2D eigenvalue weighted by Crippen LogP contribution is 2.29. The van der Waals surface area contributed by atoms with E-state index in [0.29, 0.717) is 13.2 Å². The van der Waals surface area contributed by atoms with E-state index in [-0.39, 0.29) is 47.5 Å². The minimum absolute atomic E-state index is 0.0433. The van der Waals surface area contributed by atoms with Gasteiger partial charge in [0.05, 0.1) is 13.2 Å². The lowest BCUT2D eigenvalue weighted by Crippen LogP contribution is -2.40. The van der Waals surface area contributed by atoms with E-state index in [2.05, 4.69) is 10.3 Å². The van der Waals surface area contributed by atoms with Gasteiger partial charge in [-0.25, -0.2) is 8.42 Å². The minimum Gasteiger partial charge on any atom is -0.438 e. The van der Waals surface area contributed by atoms with Crippen LogP contribution in [0.4, 0.5) is 5.88 Å². The number of rotatable bonds is 5. The number of aromatic nitrogens is 1. The highest BCUT2D eigenvalue weighted by molar-refractivity contribution is 7.89. The molecule has 134 valence electrons. The van der Waals surface area contributed by atoms with E-state index in [1.165, 1.54) is 16.4 Å². The maximum absolute atomic E-state index is 12.6.